The fraction of sp³-hybridized carbons (Fsp3) is 0.0952. The van der Waals surface area contributed by atoms with Gasteiger partial charge >= 0.3 is 6.03 Å². The number of urea groups is 1. The fourth-order valence-corrected chi connectivity index (χ4v) is 3.54. The normalized spacial score (nSPS) is 15.2. The van der Waals surface area contributed by atoms with Crippen LogP contribution in [0.25, 0.3) is 6.08 Å². The van der Waals surface area contributed by atoms with Crippen molar-refractivity contribution >= 4 is 64.4 Å². The predicted octanol–water partition coefficient (Wildman–Crippen LogP) is 4.63. The summed E-state index contributed by atoms with van der Waals surface area (Å²) in [7, 11) is 0. The minimum absolute atomic E-state index is 0.0933. The van der Waals surface area contributed by atoms with Gasteiger partial charge in [-0.15, -0.1) is 6.42 Å². The number of imide groups is 2. The van der Waals surface area contributed by atoms with Crippen molar-refractivity contribution in [1.29, 1.82) is 0 Å². The maximum Gasteiger partial charge on any atom is 0.335 e. The number of ether oxygens (including phenoxy) is 1. The Morgan fingerprint density at radius 1 is 1.13 bits per heavy atom. The molecule has 30 heavy (non-hydrogen) atoms. The van der Waals surface area contributed by atoms with Crippen LogP contribution >= 0.6 is 34.8 Å². The molecule has 3 rings (SSSR count). The number of rotatable bonds is 4. The zero-order valence-corrected chi connectivity index (χ0v) is 17.7. The number of nitrogens with zero attached hydrogens (tertiary/aromatic N) is 1. The van der Waals surface area contributed by atoms with E-state index in [1.165, 1.54) is 24.3 Å². The Kier molecular flexibility index (Phi) is 6.37. The quantitative estimate of drug-likeness (QED) is 0.407. The van der Waals surface area contributed by atoms with Gasteiger partial charge in [-0.05, 0) is 42.8 Å². The molecule has 2 aromatic carbocycles. The first-order valence-electron chi connectivity index (χ1n) is 8.46. The standard InChI is InChI=1S/C21H13Cl3N2O4/c1-3-6-30-18-12(7-14(23)9-16(18)24)8-15-19(27)25-21(29)26(20(15)28)17-10-13(22)5-4-11(17)2/h1,4-5,7-10H,6H2,2H3,(H,25,27,29)/b15-8+. The Balaban J connectivity index is 2.12. The molecule has 1 aliphatic heterocycles. The summed E-state index contributed by atoms with van der Waals surface area (Å²) in [5.74, 6) is 0.739. The second-order valence-corrected chi connectivity index (χ2v) is 7.47. The SMILES string of the molecule is C#CCOc1c(Cl)cc(Cl)cc1/C=C1\C(=O)NC(=O)N(c2cc(Cl)ccc2C)C1=O. The highest BCUT2D eigenvalue weighted by molar-refractivity contribution is 6.40. The molecule has 4 amide bonds. The second kappa shape index (κ2) is 8.80. The smallest absolute Gasteiger partial charge is 0.335 e. The van der Waals surface area contributed by atoms with E-state index in [1.54, 1.807) is 19.1 Å². The number of carbonyl (C=O) groups excluding carboxylic acids is 3. The number of hydrogen-bond donors (Lipinski definition) is 1. The summed E-state index contributed by atoms with van der Waals surface area (Å²) < 4.78 is 5.44. The zero-order valence-electron chi connectivity index (χ0n) is 15.5. The van der Waals surface area contributed by atoms with Crippen LogP contribution in [-0.2, 0) is 9.59 Å². The number of benzene rings is 2. The monoisotopic (exact) mass is 462 g/mol. The minimum atomic E-state index is -0.888. The fourth-order valence-electron chi connectivity index (χ4n) is 2.81. The molecule has 0 spiro atoms. The number of anilines is 1. The van der Waals surface area contributed by atoms with Gasteiger partial charge in [-0.3, -0.25) is 14.9 Å². The average Bonchev–Trinajstić information content (AvgIpc) is 2.67. The van der Waals surface area contributed by atoms with Crippen LogP contribution in [0.1, 0.15) is 11.1 Å². The van der Waals surface area contributed by atoms with E-state index in [0.29, 0.717) is 10.6 Å². The topological polar surface area (TPSA) is 75.7 Å². The molecule has 9 heteroatoms. The summed E-state index contributed by atoms with van der Waals surface area (Å²) in [5, 5.41) is 2.87. The molecule has 0 radical (unpaired) electrons. The largest absolute Gasteiger partial charge is 0.479 e. The Bertz CT molecular complexity index is 1150. The van der Waals surface area contributed by atoms with E-state index in [0.717, 1.165) is 4.90 Å². The first kappa shape index (κ1) is 21.7. The first-order valence-corrected chi connectivity index (χ1v) is 9.59. The summed E-state index contributed by atoms with van der Waals surface area (Å²) in [5.41, 5.74) is 0.785. The number of carbonyl (C=O) groups is 3. The summed E-state index contributed by atoms with van der Waals surface area (Å²) in [6, 6.07) is 6.74. The van der Waals surface area contributed by atoms with Crippen LogP contribution in [0.3, 0.4) is 0 Å². The number of terminal acetylenes is 1. The zero-order chi connectivity index (χ0) is 22.0. The summed E-state index contributed by atoms with van der Waals surface area (Å²) in [6.07, 6.45) is 6.46. The maximum atomic E-state index is 13.1. The number of hydrogen-bond acceptors (Lipinski definition) is 4. The van der Waals surface area contributed by atoms with Crippen molar-refractivity contribution < 1.29 is 19.1 Å². The number of amides is 4. The molecular weight excluding hydrogens is 451 g/mol. The molecule has 1 saturated heterocycles. The number of halogens is 3. The molecule has 0 aromatic heterocycles. The molecule has 0 aliphatic carbocycles. The van der Waals surface area contributed by atoms with Gasteiger partial charge < -0.3 is 4.74 Å². The lowest BCUT2D eigenvalue weighted by atomic mass is 10.0. The minimum Gasteiger partial charge on any atom is -0.479 e. The molecule has 0 bridgehead atoms. The van der Waals surface area contributed by atoms with Crippen molar-refractivity contribution in [3.63, 3.8) is 0 Å². The first-order chi connectivity index (χ1) is 14.2. The third-order valence-corrected chi connectivity index (χ3v) is 4.88. The second-order valence-electron chi connectivity index (χ2n) is 6.19. The van der Waals surface area contributed by atoms with Crippen LogP contribution in [0.2, 0.25) is 15.1 Å². The van der Waals surface area contributed by atoms with Gasteiger partial charge in [0.15, 0.2) is 0 Å². The lowest BCUT2D eigenvalue weighted by molar-refractivity contribution is -0.122. The van der Waals surface area contributed by atoms with Gasteiger partial charge in [0.25, 0.3) is 11.8 Å². The molecule has 0 unspecified atom stereocenters. The molecule has 0 saturated carbocycles. The van der Waals surface area contributed by atoms with E-state index >= 15 is 0 Å². The van der Waals surface area contributed by atoms with Gasteiger partial charge in [0.05, 0.1) is 10.7 Å². The third kappa shape index (κ3) is 4.29. The highest BCUT2D eigenvalue weighted by Gasteiger charge is 2.37. The molecule has 152 valence electrons. The molecule has 2 aromatic rings. The van der Waals surface area contributed by atoms with Crippen LogP contribution in [-0.4, -0.2) is 24.5 Å². The van der Waals surface area contributed by atoms with Gasteiger partial charge in [-0.25, -0.2) is 9.69 Å². The van der Waals surface area contributed by atoms with Crippen LogP contribution in [0.15, 0.2) is 35.9 Å². The molecule has 1 heterocycles. The molecular formula is C21H13Cl3N2O4. The highest BCUT2D eigenvalue weighted by Crippen LogP contribution is 2.35. The van der Waals surface area contributed by atoms with Gasteiger partial charge in [0.1, 0.15) is 17.9 Å². The van der Waals surface area contributed by atoms with E-state index in [1.807, 2.05) is 0 Å². The third-order valence-electron chi connectivity index (χ3n) is 4.15. The van der Waals surface area contributed by atoms with E-state index in [-0.39, 0.29) is 39.2 Å². The number of barbiturate groups is 1. The van der Waals surface area contributed by atoms with Crippen LogP contribution in [0.4, 0.5) is 10.5 Å². The summed E-state index contributed by atoms with van der Waals surface area (Å²) >= 11 is 18.3. The van der Waals surface area contributed by atoms with Crippen molar-refractivity contribution in [3.8, 4) is 18.1 Å². The van der Waals surface area contributed by atoms with Crippen molar-refractivity contribution in [3.05, 3.63) is 62.1 Å². The summed E-state index contributed by atoms with van der Waals surface area (Å²) in [4.78, 5) is 38.8. The molecule has 6 nitrogen and oxygen atoms in total. The van der Waals surface area contributed by atoms with Crippen molar-refractivity contribution in [2.24, 2.45) is 0 Å². The molecule has 1 aliphatic rings. The van der Waals surface area contributed by atoms with E-state index in [2.05, 4.69) is 11.2 Å². The Hall–Kier alpha value is -2.98. The number of nitrogens with one attached hydrogen (secondary N) is 1. The van der Waals surface area contributed by atoms with Gasteiger partial charge in [0.2, 0.25) is 0 Å². The van der Waals surface area contributed by atoms with E-state index in [4.69, 9.17) is 46.0 Å². The van der Waals surface area contributed by atoms with E-state index < -0.39 is 17.8 Å². The van der Waals surface area contributed by atoms with Crippen LogP contribution in [0.5, 0.6) is 5.75 Å². The Labute approximate surface area is 187 Å². The Morgan fingerprint density at radius 3 is 2.57 bits per heavy atom. The van der Waals surface area contributed by atoms with Gasteiger partial charge in [-0.2, -0.15) is 0 Å². The molecule has 0 atom stereocenters. The van der Waals surface area contributed by atoms with Crippen LogP contribution in [0, 0.1) is 19.3 Å². The Morgan fingerprint density at radius 2 is 1.87 bits per heavy atom. The molecule has 1 fully saturated rings. The summed E-state index contributed by atoms with van der Waals surface area (Å²) in [6.45, 7) is 1.61. The van der Waals surface area contributed by atoms with Crippen molar-refractivity contribution in [2.45, 2.75) is 6.92 Å². The van der Waals surface area contributed by atoms with Gasteiger partial charge in [-0.1, -0.05) is 46.8 Å². The average molecular weight is 464 g/mol. The van der Waals surface area contributed by atoms with Crippen molar-refractivity contribution in [1.82, 2.24) is 5.32 Å². The maximum absolute atomic E-state index is 13.1. The highest BCUT2D eigenvalue weighted by atomic mass is 35.5. The number of aryl methyl sites for hydroxylation is 1. The lowest BCUT2D eigenvalue weighted by Crippen LogP contribution is -2.54. The van der Waals surface area contributed by atoms with Crippen molar-refractivity contribution in [2.75, 3.05) is 11.5 Å². The van der Waals surface area contributed by atoms with Gasteiger partial charge in [0, 0.05) is 15.6 Å². The lowest BCUT2D eigenvalue weighted by Gasteiger charge is -2.27. The van der Waals surface area contributed by atoms with Crippen LogP contribution < -0.4 is 15.0 Å². The molecule has 1 N–H and O–H groups in total. The van der Waals surface area contributed by atoms with E-state index in [9.17, 15) is 14.4 Å². The predicted molar refractivity (Wildman–Crippen MR) is 116 cm³/mol.